The monoisotopic (exact) mass is 258 g/mol. The van der Waals surface area contributed by atoms with E-state index >= 15 is 0 Å². The summed E-state index contributed by atoms with van der Waals surface area (Å²) in [5, 5.41) is 3.45. The number of nitrogens with zero attached hydrogens (tertiary/aromatic N) is 1. The van der Waals surface area contributed by atoms with Crippen LogP contribution in [0.3, 0.4) is 0 Å². The molecule has 2 aromatic rings. The third-order valence-corrected chi connectivity index (χ3v) is 3.31. The maximum absolute atomic E-state index is 13.3. The van der Waals surface area contributed by atoms with Gasteiger partial charge in [-0.25, -0.2) is 4.39 Å². The number of halogens is 1. The molecule has 3 rings (SSSR count). The molecule has 2 heterocycles. The molecule has 0 fully saturated rings. The maximum Gasteiger partial charge on any atom is 0.124 e. The van der Waals surface area contributed by atoms with Gasteiger partial charge in [0.15, 0.2) is 0 Å². The number of benzene rings is 1. The summed E-state index contributed by atoms with van der Waals surface area (Å²) < 4.78 is 18.9. The number of aromatic nitrogens is 1. The van der Waals surface area contributed by atoms with Crippen LogP contribution in [0.25, 0.3) is 0 Å². The van der Waals surface area contributed by atoms with Crippen LogP contribution in [-0.4, -0.2) is 11.6 Å². The summed E-state index contributed by atoms with van der Waals surface area (Å²) in [6.45, 7) is 1.40. The lowest BCUT2D eigenvalue weighted by atomic mass is 10.00. The van der Waals surface area contributed by atoms with E-state index in [1.165, 1.54) is 11.6 Å². The molecule has 0 amide bonds. The Kier molecular flexibility index (Phi) is 3.42. The van der Waals surface area contributed by atoms with E-state index < -0.39 is 0 Å². The molecule has 3 nitrogen and oxygen atoms in total. The number of hydrogen-bond donors (Lipinski definition) is 1. The minimum Gasteiger partial charge on any atom is -0.493 e. The van der Waals surface area contributed by atoms with Gasteiger partial charge in [0, 0.05) is 37.0 Å². The molecule has 19 heavy (non-hydrogen) atoms. The number of fused-ring (bicyclic) bond motifs is 1. The van der Waals surface area contributed by atoms with Gasteiger partial charge in [0.25, 0.3) is 0 Å². The average Bonchev–Trinajstić information content (AvgIpc) is 2.46. The molecule has 1 aliphatic rings. The molecule has 1 aromatic carbocycles. The maximum atomic E-state index is 13.3. The summed E-state index contributed by atoms with van der Waals surface area (Å²) in [5.74, 6) is 0.555. The third-order valence-electron chi connectivity index (χ3n) is 3.31. The average molecular weight is 258 g/mol. The van der Waals surface area contributed by atoms with Crippen molar-refractivity contribution in [3.63, 3.8) is 0 Å². The van der Waals surface area contributed by atoms with Crippen LogP contribution in [-0.2, 0) is 6.54 Å². The zero-order chi connectivity index (χ0) is 13.1. The third kappa shape index (κ3) is 2.74. The van der Waals surface area contributed by atoms with Gasteiger partial charge in [-0.15, -0.1) is 0 Å². The summed E-state index contributed by atoms with van der Waals surface area (Å²) in [5.41, 5.74) is 2.07. The summed E-state index contributed by atoms with van der Waals surface area (Å²) in [7, 11) is 0. The fourth-order valence-corrected chi connectivity index (χ4v) is 2.32. The minimum atomic E-state index is -0.222. The van der Waals surface area contributed by atoms with Gasteiger partial charge in [0.2, 0.25) is 0 Å². The lowest BCUT2D eigenvalue weighted by molar-refractivity contribution is 0.251. The lowest BCUT2D eigenvalue weighted by Gasteiger charge is -2.26. The standard InChI is InChI=1S/C15H15FN2O/c16-12-1-2-15-13(9-12)14(5-8-19-15)18-10-11-3-6-17-7-4-11/h1-4,6-7,9,14,18H,5,8,10H2. The van der Waals surface area contributed by atoms with E-state index in [1.54, 1.807) is 24.5 Å². The van der Waals surface area contributed by atoms with Gasteiger partial charge in [-0.1, -0.05) is 0 Å². The van der Waals surface area contributed by atoms with Gasteiger partial charge in [-0.2, -0.15) is 0 Å². The molecule has 98 valence electrons. The Bertz CT molecular complexity index is 559. The van der Waals surface area contributed by atoms with Gasteiger partial charge in [0.05, 0.1) is 6.61 Å². The highest BCUT2D eigenvalue weighted by molar-refractivity contribution is 5.38. The Morgan fingerprint density at radius 3 is 2.95 bits per heavy atom. The predicted molar refractivity (Wildman–Crippen MR) is 70.3 cm³/mol. The van der Waals surface area contributed by atoms with E-state index in [1.807, 2.05) is 12.1 Å². The molecule has 0 saturated heterocycles. The molecule has 1 aromatic heterocycles. The van der Waals surface area contributed by atoms with E-state index in [4.69, 9.17) is 4.74 Å². The zero-order valence-corrected chi connectivity index (χ0v) is 10.5. The molecule has 1 unspecified atom stereocenters. The van der Waals surface area contributed by atoms with Gasteiger partial charge < -0.3 is 10.1 Å². The van der Waals surface area contributed by atoms with Crippen LogP contribution in [0.1, 0.15) is 23.6 Å². The van der Waals surface area contributed by atoms with Crippen molar-refractivity contribution in [1.82, 2.24) is 10.3 Å². The highest BCUT2D eigenvalue weighted by atomic mass is 19.1. The normalized spacial score (nSPS) is 17.6. The highest BCUT2D eigenvalue weighted by Gasteiger charge is 2.21. The van der Waals surface area contributed by atoms with Crippen molar-refractivity contribution in [3.05, 3.63) is 59.7 Å². The number of hydrogen-bond acceptors (Lipinski definition) is 3. The van der Waals surface area contributed by atoms with Crippen LogP contribution >= 0.6 is 0 Å². The molecule has 0 aliphatic carbocycles. The van der Waals surface area contributed by atoms with Crippen molar-refractivity contribution in [2.75, 3.05) is 6.61 Å². The van der Waals surface area contributed by atoms with Gasteiger partial charge >= 0.3 is 0 Å². The van der Waals surface area contributed by atoms with Crippen LogP contribution in [0.5, 0.6) is 5.75 Å². The second-order valence-electron chi connectivity index (χ2n) is 4.61. The summed E-state index contributed by atoms with van der Waals surface area (Å²) >= 11 is 0. The van der Waals surface area contributed by atoms with Gasteiger partial charge in [0.1, 0.15) is 11.6 Å². The largest absolute Gasteiger partial charge is 0.493 e. The Labute approximate surface area is 111 Å². The van der Waals surface area contributed by atoms with Crippen molar-refractivity contribution < 1.29 is 9.13 Å². The Hall–Kier alpha value is -1.94. The molecule has 0 radical (unpaired) electrons. The zero-order valence-electron chi connectivity index (χ0n) is 10.5. The quantitative estimate of drug-likeness (QED) is 0.919. The van der Waals surface area contributed by atoms with E-state index in [-0.39, 0.29) is 11.9 Å². The van der Waals surface area contributed by atoms with Crippen LogP contribution in [0.2, 0.25) is 0 Å². The molecule has 1 atom stereocenters. The topological polar surface area (TPSA) is 34.2 Å². The van der Waals surface area contributed by atoms with Gasteiger partial charge in [-0.3, -0.25) is 4.98 Å². The van der Waals surface area contributed by atoms with Crippen LogP contribution in [0.15, 0.2) is 42.7 Å². The Morgan fingerprint density at radius 1 is 1.26 bits per heavy atom. The molecule has 0 saturated carbocycles. The highest BCUT2D eigenvalue weighted by Crippen LogP contribution is 2.32. The fourth-order valence-electron chi connectivity index (χ4n) is 2.32. The predicted octanol–water partition coefficient (Wildman–Crippen LogP) is 2.83. The summed E-state index contributed by atoms with van der Waals surface area (Å²) in [6, 6.07) is 8.76. The van der Waals surface area contributed by atoms with Crippen molar-refractivity contribution in [1.29, 1.82) is 0 Å². The Morgan fingerprint density at radius 2 is 2.11 bits per heavy atom. The van der Waals surface area contributed by atoms with Crippen molar-refractivity contribution >= 4 is 0 Å². The first-order valence-electron chi connectivity index (χ1n) is 6.37. The summed E-state index contributed by atoms with van der Waals surface area (Å²) in [6.07, 6.45) is 4.39. The van der Waals surface area contributed by atoms with Crippen molar-refractivity contribution in [3.8, 4) is 5.75 Å². The first kappa shape index (κ1) is 12.1. The fraction of sp³-hybridized carbons (Fsp3) is 0.267. The number of pyridine rings is 1. The summed E-state index contributed by atoms with van der Waals surface area (Å²) in [4.78, 5) is 3.99. The van der Waals surface area contributed by atoms with E-state index in [9.17, 15) is 4.39 Å². The molecule has 1 aliphatic heterocycles. The first-order chi connectivity index (χ1) is 9.33. The number of rotatable bonds is 3. The molecular weight excluding hydrogens is 243 g/mol. The Balaban J connectivity index is 1.75. The molecule has 1 N–H and O–H groups in total. The van der Waals surface area contributed by atoms with Crippen LogP contribution in [0, 0.1) is 5.82 Å². The second kappa shape index (κ2) is 5.36. The lowest BCUT2D eigenvalue weighted by Crippen LogP contribution is -2.26. The van der Waals surface area contributed by atoms with Crippen molar-refractivity contribution in [2.24, 2.45) is 0 Å². The molecule has 0 spiro atoms. The molecular formula is C15H15FN2O. The number of nitrogens with one attached hydrogen (secondary N) is 1. The van der Waals surface area contributed by atoms with E-state index in [0.29, 0.717) is 6.61 Å². The number of ether oxygens (including phenoxy) is 1. The van der Waals surface area contributed by atoms with Crippen LogP contribution in [0.4, 0.5) is 4.39 Å². The van der Waals surface area contributed by atoms with E-state index in [0.717, 1.165) is 24.3 Å². The molecule has 0 bridgehead atoms. The second-order valence-corrected chi connectivity index (χ2v) is 4.61. The first-order valence-corrected chi connectivity index (χ1v) is 6.37. The van der Waals surface area contributed by atoms with Gasteiger partial charge in [-0.05, 0) is 35.9 Å². The van der Waals surface area contributed by atoms with Crippen molar-refractivity contribution in [2.45, 2.75) is 19.0 Å². The smallest absolute Gasteiger partial charge is 0.124 e. The minimum absolute atomic E-state index is 0.132. The van der Waals surface area contributed by atoms with Crippen LogP contribution < -0.4 is 10.1 Å². The van der Waals surface area contributed by atoms with E-state index in [2.05, 4.69) is 10.3 Å². The molecule has 4 heteroatoms. The SMILES string of the molecule is Fc1ccc2c(c1)C(NCc1ccncc1)CCO2.